The molecular weight excluding hydrogens is 394 g/mol. The first-order valence-electron chi connectivity index (χ1n) is 9.08. The lowest BCUT2D eigenvalue weighted by atomic mass is 10.1. The topological polar surface area (TPSA) is 84.2 Å². The average Bonchev–Trinajstić information content (AvgIpc) is 3.33. The van der Waals surface area contributed by atoms with Crippen LogP contribution in [0.1, 0.15) is 41.2 Å². The molecule has 3 rings (SSSR count). The summed E-state index contributed by atoms with van der Waals surface area (Å²) in [6.07, 6.45) is 3.67. The van der Waals surface area contributed by atoms with Crippen molar-refractivity contribution in [3.8, 4) is 0 Å². The fourth-order valence-corrected chi connectivity index (χ4v) is 4.38. The van der Waals surface area contributed by atoms with Gasteiger partial charge in [0.15, 0.2) is 5.13 Å². The number of carbonyl (C=O) groups is 2. The predicted molar refractivity (Wildman–Crippen MR) is 112 cm³/mol. The zero-order valence-electron chi connectivity index (χ0n) is 15.8. The predicted octanol–water partition coefficient (Wildman–Crippen LogP) is 4.33. The molecule has 0 aliphatic rings. The summed E-state index contributed by atoms with van der Waals surface area (Å²) in [7, 11) is 0. The molecule has 0 fully saturated rings. The first-order chi connectivity index (χ1) is 13.4. The van der Waals surface area contributed by atoms with Crippen molar-refractivity contribution in [2.24, 2.45) is 5.92 Å². The van der Waals surface area contributed by atoms with Crippen LogP contribution in [-0.4, -0.2) is 26.5 Å². The minimum Gasteiger partial charge on any atom is -0.481 e. The van der Waals surface area contributed by atoms with E-state index in [-0.39, 0.29) is 12.3 Å². The number of carboxylic acid groups (broad SMARTS) is 1. The summed E-state index contributed by atoms with van der Waals surface area (Å²) in [5, 5.41) is 17.9. The van der Waals surface area contributed by atoms with Gasteiger partial charge in [-0.05, 0) is 52.8 Å². The van der Waals surface area contributed by atoms with Gasteiger partial charge in [-0.15, -0.1) is 11.3 Å². The monoisotopic (exact) mass is 417 g/mol. The molecule has 0 saturated carbocycles. The van der Waals surface area contributed by atoms with E-state index in [1.54, 1.807) is 16.7 Å². The summed E-state index contributed by atoms with van der Waals surface area (Å²) >= 11 is 2.90. The molecule has 0 bridgehead atoms. The molecule has 0 aliphatic heterocycles. The van der Waals surface area contributed by atoms with Gasteiger partial charge in [0, 0.05) is 18.1 Å². The van der Waals surface area contributed by atoms with Crippen LogP contribution in [0, 0.1) is 5.92 Å². The van der Waals surface area contributed by atoms with Gasteiger partial charge in [0.05, 0.1) is 12.1 Å². The molecule has 2 N–H and O–H groups in total. The van der Waals surface area contributed by atoms with Gasteiger partial charge in [0.1, 0.15) is 5.69 Å². The van der Waals surface area contributed by atoms with Gasteiger partial charge in [0.2, 0.25) is 0 Å². The summed E-state index contributed by atoms with van der Waals surface area (Å²) in [5.41, 5.74) is 3.44. The molecule has 0 saturated heterocycles. The van der Waals surface area contributed by atoms with E-state index < -0.39 is 5.97 Å². The Bertz CT molecular complexity index is 942. The third-order valence-corrected chi connectivity index (χ3v) is 5.69. The van der Waals surface area contributed by atoms with E-state index in [1.165, 1.54) is 16.9 Å². The molecule has 3 aromatic heterocycles. The number of hydrogen-bond acceptors (Lipinski definition) is 5. The molecule has 148 valence electrons. The molecule has 3 aromatic rings. The summed E-state index contributed by atoms with van der Waals surface area (Å²) in [6.45, 7) is 5.03. The van der Waals surface area contributed by atoms with Crippen molar-refractivity contribution in [3.05, 3.63) is 57.0 Å². The normalized spacial score (nSPS) is 11.1. The zero-order valence-corrected chi connectivity index (χ0v) is 17.5. The van der Waals surface area contributed by atoms with Gasteiger partial charge in [-0.1, -0.05) is 13.8 Å². The fraction of sp³-hybridized carbons (Fsp3) is 0.350. The van der Waals surface area contributed by atoms with E-state index in [4.69, 9.17) is 5.11 Å². The lowest BCUT2D eigenvalue weighted by Crippen LogP contribution is -2.17. The molecule has 3 heterocycles. The molecule has 0 atom stereocenters. The molecule has 0 aliphatic carbocycles. The maximum absolute atomic E-state index is 12.8. The fourth-order valence-electron chi connectivity index (χ4n) is 2.98. The maximum Gasteiger partial charge on any atom is 0.309 e. The molecule has 0 aromatic carbocycles. The summed E-state index contributed by atoms with van der Waals surface area (Å²) in [6, 6.07) is 4.04. The van der Waals surface area contributed by atoms with Crippen molar-refractivity contribution >= 4 is 39.7 Å². The standard InChI is InChI=1S/C20H23N3O3S2/c1-13(2)7-15-8-17(23(10-15)5-3-14-4-6-27-11-14)19(26)22-20-21-16(12-28-20)9-18(24)25/h4,6,8,10-13H,3,5,7,9H2,1-2H3,(H,24,25)(H,21,22,26). The van der Waals surface area contributed by atoms with E-state index in [0.29, 0.717) is 22.4 Å². The zero-order chi connectivity index (χ0) is 20.1. The highest BCUT2D eigenvalue weighted by Gasteiger charge is 2.17. The van der Waals surface area contributed by atoms with E-state index in [0.717, 1.165) is 24.9 Å². The number of carbonyl (C=O) groups excluding carboxylic acids is 1. The van der Waals surface area contributed by atoms with Crippen molar-refractivity contribution in [2.45, 2.75) is 39.7 Å². The Morgan fingerprint density at radius 2 is 2.11 bits per heavy atom. The molecular formula is C20H23N3O3S2. The van der Waals surface area contributed by atoms with Crippen LogP contribution in [0.3, 0.4) is 0 Å². The second kappa shape index (κ2) is 9.16. The summed E-state index contributed by atoms with van der Waals surface area (Å²) < 4.78 is 2.00. The van der Waals surface area contributed by atoms with Crippen LogP contribution in [0.2, 0.25) is 0 Å². The van der Waals surface area contributed by atoms with Gasteiger partial charge in [-0.3, -0.25) is 14.9 Å². The average molecular weight is 418 g/mol. The summed E-state index contributed by atoms with van der Waals surface area (Å²) in [5.74, 6) is -0.665. The molecule has 0 unspecified atom stereocenters. The Labute approximate surface area is 171 Å². The van der Waals surface area contributed by atoms with E-state index >= 15 is 0 Å². The highest BCUT2D eigenvalue weighted by Crippen LogP contribution is 2.20. The SMILES string of the molecule is CC(C)Cc1cc(C(=O)Nc2nc(CC(=O)O)cs2)n(CCc2ccsc2)c1. The van der Waals surface area contributed by atoms with E-state index in [9.17, 15) is 9.59 Å². The molecule has 28 heavy (non-hydrogen) atoms. The molecule has 6 nitrogen and oxygen atoms in total. The van der Waals surface area contributed by atoms with Crippen LogP contribution in [0.4, 0.5) is 5.13 Å². The van der Waals surface area contributed by atoms with Crippen molar-refractivity contribution in [2.75, 3.05) is 5.32 Å². The quantitative estimate of drug-likeness (QED) is 0.543. The first kappa shape index (κ1) is 20.3. The van der Waals surface area contributed by atoms with Crippen molar-refractivity contribution in [1.29, 1.82) is 0 Å². The number of aliphatic carboxylic acids is 1. The number of amides is 1. The highest BCUT2D eigenvalue weighted by atomic mass is 32.1. The molecule has 0 spiro atoms. The Morgan fingerprint density at radius 3 is 2.79 bits per heavy atom. The van der Waals surface area contributed by atoms with Crippen LogP contribution >= 0.6 is 22.7 Å². The second-order valence-corrected chi connectivity index (χ2v) is 8.71. The van der Waals surface area contributed by atoms with Gasteiger partial charge < -0.3 is 9.67 Å². The van der Waals surface area contributed by atoms with Crippen LogP contribution in [0.5, 0.6) is 0 Å². The van der Waals surface area contributed by atoms with Crippen LogP contribution in [0.15, 0.2) is 34.5 Å². The number of nitrogens with zero attached hydrogens (tertiary/aromatic N) is 2. The lowest BCUT2D eigenvalue weighted by Gasteiger charge is -2.08. The number of anilines is 1. The van der Waals surface area contributed by atoms with Crippen molar-refractivity contribution < 1.29 is 14.7 Å². The maximum atomic E-state index is 12.8. The Kier molecular flexibility index (Phi) is 6.64. The largest absolute Gasteiger partial charge is 0.481 e. The van der Waals surface area contributed by atoms with Gasteiger partial charge in [-0.25, -0.2) is 4.98 Å². The summed E-state index contributed by atoms with van der Waals surface area (Å²) in [4.78, 5) is 27.8. The first-order valence-corrected chi connectivity index (χ1v) is 10.9. The highest BCUT2D eigenvalue weighted by molar-refractivity contribution is 7.14. The number of aromatic nitrogens is 2. The number of carboxylic acids is 1. The van der Waals surface area contributed by atoms with Crippen LogP contribution in [-0.2, 0) is 30.6 Å². The number of rotatable bonds is 9. The smallest absolute Gasteiger partial charge is 0.309 e. The number of hydrogen-bond donors (Lipinski definition) is 2. The number of thiophene rings is 1. The molecule has 0 radical (unpaired) electrons. The van der Waals surface area contributed by atoms with Crippen molar-refractivity contribution in [1.82, 2.24) is 9.55 Å². The van der Waals surface area contributed by atoms with Crippen molar-refractivity contribution in [3.63, 3.8) is 0 Å². The van der Waals surface area contributed by atoms with Gasteiger partial charge in [-0.2, -0.15) is 11.3 Å². The van der Waals surface area contributed by atoms with E-state index in [1.807, 2.05) is 10.6 Å². The molecule has 1 amide bonds. The van der Waals surface area contributed by atoms with Gasteiger partial charge >= 0.3 is 5.97 Å². The second-order valence-electron chi connectivity index (χ2n) is 7.08. The minimum absolute atomic E-state index is 0.151. The third kappa shape index (κ3) is 5.53. The van der Waals surface area contributed by atoms with Crippen LogP contribution < -0.4 is 5.32 Å². The Balaban J connectivity index is 1.75. The molecule has 8 heteroatoms. The minimum atomic E-state index is -0.941. The van der Waals surface area contributed by atoms with Crippen LogP contribution in [0.25, 0.3) is 0 Å². The Hall–Kier alpha value is -2.45. The van der Waals surface area contributed by atoms with Gasteiger partial charge in [0.25, 0.3) is 5.91 Å². The Morgan fingerprint density at radius 1 is 1.29 bits per heavy atom. The number of thiazole rings is 1. The third-order valence-electron chi connectivity index (χ3n) is 4.16. The van der Waals surface area contributed by atoms with E-state index in [2.05, 4.69) is 47.2 Å². The number of nitrogens with one attached hydrogen (secondary N) is 1. The number of aryl methyl sites for hydroxylation is 2. The lowest BCUT2D eigenvalue weighted by molar-refractivity contribution is -0.136.